The average molecular weight is 205 g/mol. The summed E-state index contributed by atoms with van der Waals surface area (Å²) in [6.45, 7) is 8.27. The Bertz CT molecular complexity index is 474. The van der Waals surface area contributed by atoms with Crippen molar-refractivity contribution in [2.45, 2.75) is 39.5 Å². The number of aromatic nitrogens is 3. The number of nitrogens with zero attached hydrogens (tertiary/aromatic N) is 3. The summed E-state index contributed by atoms with van der Waals surface area (Å²) in [7, 11) is 0. The van der Waals surface area contributed by atoms with E-state index < -0.39 is 0 Å². The van der Waals surface area contributed by atoms with Gasteiger partial charge in [-0.3, -0.25) is 0 Å². The molecule has 0 unspecified atom stereocenters. The van der Waals surface area contributed by atoms with E-state index in [1.165, 1.54) is 0 Å². The topological polar surface area (TPSA) is 51.8 Å². The molecule has 0 saturated carbocycles. The zero-order chi connectivity index (χ0) is 11.0. The molecule has 2 aromatic heterocycles. The Labute approximate surface area is 88.7 Å². The highest BCUT2D eigenvalue weighted by Gasteiger charge is 2.14. The van der Waals surface area contributed by atoms with E-state index in [4.69, 9.17) is 4.52 Å². The molecule has 0 amide bonds. The minimum atomic E-state index is 0.307. The maximum atomic E-state index is 5.20. The smallest absolute Gasteiger partial charge is 0.261 e. The minimum absolute atomic E-state index is 0.307. The first-order chi connectivity index (χ1) is 7.09. The van der Waals surface area contributed by atoms with Gasteiger partial charge in [-0.2, -0.15) is 4.98 Å². The number of rotatable bonds is 2. The molecule has 0 aromatic carbocycles. The van der Waals surface area contributed by atoms with Crippen LogP contribution in [0.2, 0.25) is 0 Å². The lowest BCUT2D eigenvalue weighted by Crippen LogP contribution is -1.96. The van der Waals surface area contributed by atoms with Crippen LogP contribution in [0, 0.1) is 0 Å². The maximum Gasteiger partial charge on any atom is 0.261 e. The summed E-state index contributed by atoms with van der Waals surface area (Å²) in [5.41, 5.74) is 1.53. The van der Waals surface area contributed by atoms with E-state index in [9.17, 15) is 0 Å². The first kappa shape index (κ1) is 10.1. The molecule has 4 heteroatoms. The van der Waals surface area contributed by atoms with Gasteiger partial charge in [0.2, 0.25) is 0 Å². The zero-order valence-corrected chi connectivity index (χ0v) is 9.48. The molecule has 0 atom stereocenters. The van der Waals surface area contributed by atoms with Gasteiger partial charge in [0.25, 0.3) is 5.71 Å². The highest BCUT2D eigenvalue weighted by Crippen LogP contribution is 2.23. The van der Waals surface area contributed by atoms with Crippen LogP contribution in [0.1, 0.15) is 51.0 Å². The summed E-state index contributed by atoms with van der Waals surface area (Å²) >= 11 is 0. The van der Waals surface area contributed by atoms with E-state index in [1.54, 1.807) is 0 Å². The van der Waals surface area contributed by atoms with Crippen LogP contribution in [0.5, 0.6) is 0 Å². The van der Waals surface area contributed by atoms with Crippen molar-refractivity contribution in [2.24, 2.45) is 0 Å². The number of fused-ring (bicyclic) bond motifs is 1. The normalized spacial score (nSPS) is 11.9. The largest absolute Gasteiger partial charge is 0.335 e. The van der Waals surface area contributed by atoms with Crippen LogP contribution < -0.4 is 0 Å². The molecule has 15 heavy (non-hydrogen) atoms. The van der Waals surface area contributed by atoms with Gasteiger partial charge in [0.1, 0.15) is 5.82 Å². The van der Waals surface area contributed by atoms with Crippen molar-refractivity contribution in [2.75, 3.05) is 0 Å². The summed E-state index contributed by atoms with van der Waals surface area (Å²) in [6, 6.07) is 0. The Kier molecular flexibility index (Phi) is 2.42. The van der Waals surface area contributed by atoms with Gasteiger partial charge in [-0.1, -0.05) is 32.9 Å². The molecule has 0 N–H and O–H groups in total. The van der Waals surface area contributed by atoms with Gasteiger partial charge < -0.3 is 4.52 Å². The second-order valence-corrected chi connectivity index (χ2v) is 4.32. The second kappa shape index (κ2) is 3.61. The van der Waals surface area contributed by atoms with Crippen molar-refractivity contribution in [1.29, 1.82) is 0 Å². The third-order valence-electron chi connectivity index (χ3n) is 2.34. The molecule has 2 aromatic rings. The Morgan fingerprint density at radius 1 is 1.13 bits per heavy atom. The maximum absolute atomic E-state index is 5.20. The van der Waals surface area contributed by atoms with E-state index in [-0.39, 0.29) is 0 Å². The van der Waals surface area contributed by atoms with Crippen LogP contribution in [0.25, 0.3) is 11.1 Å². The molecular weight excluding hydrogens is 190 g/mol. The summed E-state index contributed by atoms with van der Waals surface area (Å²) in [5, 5.41) is 4.94. The molecule has 0 fully saturated rings. The fourth-order valence-corrected chi connectivity index (χ4v) is 1.46. The Morgan fingerprint density at radius 2 is 1.87 bits per heavy atom. The van der Waals surface area contributed by atoms with Crippen molar-refractivity contribution < 1.29 is 4.52 Å². The van der Waals surface area contributed by atoms with Crippen LogP contribution in [0.15, 0.2) is 10.7 Å². The molecule has 0 aliphatic heterocycles. The van der Waals surface area contributed by atoms with E-state index in [1.807, 2.05) is 6.20 Å². The van der Waals surface area contributed by atoms with Gasteiger partial charge >= 0.3 is 0 Å². The quantitative estimate of drug-likeness (QED) is 0.756. The second-order valence-electron chi connectivity index (χ2n) is 4.32. The van der Waals surface area contributed by atoms with Gasteiger partial charge in [-0.05, 0) is 5.92 Å². The van der Waals surface area contributed by atoms with Crippen molar-refractivity contribution in [3.05, 3.63) is 17.7 Å². The highest BCUT2D eigenvalue weighted by atomic mass is 16.5. The molecule has 0 bridgehead atoms. The Morgan fingerprint density at radius 3 is 2.47 bits per heavy atom. The van der Waals surface area contributed by atoms with Crippen molar-refractivity contribution in [3.8, 4) is 0 Å². The molecule has 0 saturated heterocycles. The molecule has 2 heterocycles. The lowest BCUT2D eigenvalue weighted by Gasteiger charge is -2.01. The minimum Gasteiger partial charge on any atom is -0.335 e. The van der Waals surface area contributed by atoms with Gasteiger partial charge in [-0.15, -0.1) is 0 Å². The van der Waals surface area contributed by atoms with Crippen LogP contribution in [-0.2, 0) is 0 Å². The summed E-state index contributed by atoms with van der Waals surface area (Å²) in [5.74, 6) is 1.44. The molecule has 2 rings (SSSR count). The molecule has 0 radical (unpaired) electrons. The van der Waals surface area contributed by atoms with Crippen molar-refractivity contribution >= 4 is 11.1 Å². The molecule has 0 spiro atoms. The van der Waals surface area contributed by atoms with Gasteiger partial charge in [0, 0.05) is 12.1 Å². The molecule has 4 nitrogen and oxygen atoms in total. The highest BCUT2D eigenvalue weighted by molar-refractivity contribution is 5.75. The standard InChI is InChI=1S/C11H15N3O/c1-6(2)9-8-5-12-10(7(3)4)13-11(8)15-14-9/h5-7H,1-4H3. The first-order valence-electron chi connectivity index (χ1n) is 5.21. The predicted octanol–water partition coefficient (Wildman–Crippen LogP) is 2.86. The van der Waals surface area contributed by atoms with E-state index in [2.05, 4.69) is 42.8 Å². The monoisotopic (exact) mass is 205 g/mol. The lowest BCUT2D eigenvalue weighted by atomic mass is 10.1. The third kappa shape index (κ3) is 1.71. The summed E-state index contributed by atoms with van der Waals surface area (Å²) in [4.78, 5) is 8.65. The molecule has 0 aliphatic carbocycles. The van der Waals surface area contributed by atoms with Crippen LogP contribution in [-0.4, -0.2) is 15.1 Å². The summed E-state index contributed by atoms with van der Waals surface area (Å²) < 4.78 is 5.20. The summed E-state index contributed by atoms with van der Waals surface area (Å²) in [6.07, 6.45) is 1.81. The fourth-order valence-electron chi connectivity index (χ4n) is 1.46. The van der Waals surface area contributed by atoms with E-state index in [0.29, 0.717) is 17.5 Å². The SMILES string of the molecule is CC(C)c1ncc2c(C(C)C)noc2n1. The lowest BCUT2D eigenvalue weighted by molar-refractivity contribution is 0.433. The predicted molar refractivity (Wildman–Crippen MR) is 57.8 cm³/mol. The van der Waals surface area contributed by atoms with E-state index in [0.717, 1.165) is 16.9 Å². The van der Waals surface area contributed by atoms with Crippen LogP contribution >= 0.6 is 0 Å². The fraction of sp³-hybridized carbons (Fsp3) is 0.545. The third-order valence-corrected chi connectivity index (χ3v) is 2.34. The van der Waals surface area contributed by atoms with Crippen molar-refractivity contribution in [3.63, 3.8) is 0 Å². The average Bonchev–Trinajstić information content (AvgIpc) is 2.59. The zero-order valence-electron chi connectivity index (χ0n) is 9.48. The number of hydrogen-bond donors (Lipinski definition) is 0. The van der Waals surface area contributed by atoms with Crippen LogP contribution in [0.4, 0.5) is 0 Å². The van der Waals surface area contributed by atoms with Gasteiger partial charge in [0.05, 0.1) is 11.1 Å². The Balaban J connectivity index is 2.57. The molecule has 80 valence electrons. The molecule has 0 aliphatic rings. The van der Waals surface area contributed by atoms with E-state index >= 15 is 0 Å². The van der Waals surface area contributed by atoms with Gasteiger partial charge in [0.15, 0.2) is 0 Å². The first-order valence-corrected chi connectivity index (χ1v) is 5.21. The van der Waals surface area contributed by atoms with Crippen molar-refractivity contribution in [1.82, 2.24) is 15.1 Å². The van der Waals surface area contributed by atoms with Crippen LogP contribution in [0.3, 0.4) is 0 Å². The Hall–Kier alpha value is -1.45. The molecular formula is C11H15N3O. The number of hydrogen-bond acceptors (Lipinski definition) is 4. The van der Waals surface area contributed by atoms with Gasteiger partial charge in [-0.25, -0.2) is 4.98 Å².